The van der Waals surface area contributed by atoms with Crippen molar-refractivity contribution in [2.24, 2.45) is 0 Å². The molecule has 0 saturated heterocycles. The van der Waals surface area contributed by atoms with Crippen LogP contribution in [0.2, 0.25) is 0 Å². The maximum atomic E-state index is 13.6. The van der Waals surface area contributed by atoms with Crippen LogP contribution < -0.4 is 4.74 Å². The van der Waals surface area contributed by atoms with Crippen LogP contribution in [0.15, 0.2) is 48.5 Å². The molecule has 0 bridgehead atoms. The fourth-order valence-electron chi connectivity index (χ4n) is 2.08. The number of benzene rings is 2. The molecule has 1 nitrogen and oxygen atoms in total. The van der Waals surface area contributed by atoms with Crippen LogP contribution in [0.4, 0.5) is 4.39 Å². The Kier molecular flexibility index (Phi) is 6.06. The smallest absolute Gasteiger partial charge is 0.126 e. The lowest BCUT2D eigenvalue weighted by Gasteiger charge is -2.12. The van der Waals surface area contributed by atoms with Gasteiger partial charge >= 0.3 is 0 Å². The van der Waals surface area contributed by atoms with E-state index < -0.39 is 0 Å². The van der Waals surface area contributed by atoms with Gasteiger partial charge in [-0.15, -0.1) is 11.6 Å². The van der Waals surface area contributed by atoms with Crippen LogP contribution >= 0.6 is 11.6 Å². The summed E-state index contributed by atoms with van der Waals surface area (Å²) >= 11 is 6.38. The van der Waals surface area contributed by atoms with Gasteiger partial charge in [-0.25, -0.2) is 4.39 Å². The van der Waals surface area contributed by atoms with E-state index in [0.29, 0.717) is 12.0 Å². The number of hydrogen-bond donors (Lipinski definition) is 0. The van der Waals surface area contributed by atoms with E-state index in [-0.39, 0.29) is 11.2 Å². The molecule has 1 atom stereocenters. The Morgan fingerprint density at radius 1 is 1.10 bits per heavy atom. The molecule has 0 aromatic heterocycles. The van der Waals surface area contributed by atoms with Crippen molar-refractivity contribution in [1.29, 1.82) is 0 Å². The number of halogens is 2. The second-order valence-electron chi connectivity index (χ2n) is 5.03. The standard InChI is InChI=1S/C18H20ClFO/c1-2-3-12-21-16-10-8-14(9-11-16)17(19)13-15-6-4-5-7-18(15)20/h4-11,17H,2-3,12-13H2,1H3. The third-order valence-corrected chi connectivity index (χ3v) is 3.77. The second-order valence-corrected chi connectivity index (χ2v) is 5.56. The highest BCUT2D eigenvalue weighted by molar-refractivity contribution is 6.20. The molecule has 0 N–H and O–H groups in total. The number of ether oxygens (including phenoxy) is 1. The summed E-state index contributed by atoms with van der Waals surface area (Å²) in [6.45, 7) is 2.86. The number of alkyl halides is 1. The van der Waals surface area contributed by atoms with Crippen molar-refractivity contribution in [2.45, 2.75) is 31.6 Å². The Balaban J connectivity index is 1.96. The fraction of sp³-hybridized carbons (Fsp3) is 0.333. The molecule has 0 aliphatic carbocycles. The molecular weight excluding hydrogens is 287 g/mol. The summed E-state index contributed by atoms with van der Waals surface area (Å²) in [7, 11) is 0. The van der Waals surface area contributed by atoms with Crippen molar-refractivity contribution in [1.82, 2.24) is 0 Å². The van der Waals surface area contributed by atoms with Gasteiger partial charge in [0.2, 0.25) is 0 Å². The van der Waals surface area contributed by atoms with E-state index in [1.165, 1.54) is 6.07 Å². The maximum Gasteiger partial charge on any atom is 0.126 e. The summed E-state index contributed by atoms with van der Waals surface area (Å²) in [5.74, 6) is 0.643. The van der Waals surface area contributed by atoms with Crippen LogP contribution in [0.5, 0.6) is 5.75 Å². The average Bonchev–Trinajstić information content (AvgIpc) is 2.50. The van der Waals surface area contributed by atoms with Crippen molar-refractivity contribution in [2.75, 3.05) is 6.61 Å². The minimum atomic E-state index is -0.244. The Morgan fingerprint density at radius 2 is 1.81 bits per heavy atom. The van der Waals surface area contributed by atoms with Gasteiger partial charge in [0.1, 0.15) is 11.6 Å². The maximum absolute atomic E-state index is 13.6. The number of rotatable bonds is 7. The first-order chi connectivity index (χ1) is 10.2. The van der Waals surface area contributed by atoms with Crippen molar-refractivity contribution in [3.63, 3.8) is 0 Å². The van der Waals surface area contributed by atoms with E-state index in [1.54, 1.807) is 12.1 Å². The van der Waals surface area contributed by atoms with Crippen LogP contribution in [0.3, 0.4) is 0 Å². The largest absolute Gasteiger partial charge is 0.494 e. The minimum absolute atomic E-state index is 0.206. The van der Waals surface area contributed by atoms with E-state index in [2.05, 4.69) is 6.92 Å². The van der Waals surface area contributed by atoms with Gasteiger partial charge in [-0.3, -0.25) is 0 Å². The fourth-order valence-corrected chi connectivity index (χ4v) is 2.39. The van der Waals surface area contributed by atoms with E-state index in [9.17, 15) is 4.39 Å². The van der Waals surface area contributed by atoms with Gasteiger partial charge in [0.15, 0.2) is 0 Å². The highest BCUT2D eigenvalue weighted by atomic mass is 35.5. The molecule has 0 spiro atoms. The molecule has 2 aromatic rings. The lowest BCUT2D eigenvalue weighted by atomic mass is 10.0. The summed E-state index contributed by atoms with van der Waals surface area (Å²) < 4.78 is 19.2. The van der Waals surface area contributed by atoms with E-state index in [1.807, 2.05) is 30.3 Å². The van der Waals surface area contributed by atoms with Gasteiger partial charge < -0.3 is 4.74 Å². The molecule has 0 fully saturated rings. The number of hydrogen-bond acceptors (Lipinski definition) is 1. The lowest BCUT2D eigenvalue weighted by Crippen LogP contribution is -1.99. The number of unbranched alkanes of at least 4 members (excludes halogenated alkanes) is 1. The summed E-state index contributed by atoms with van der Waals surface area (Å²) in [4.78, 5) is 0. The molecule has 0 aliphatic heterocycles. The monoisotopic (exact) mass is 306 g/mol. The van der Waals surface area contributed by atoms with Crippen LogP contribution in [0.25, 0.3) is 0 Å². The highest BCUT2D eigenvalue weighted by Gasteiger charge is 2.11. The zero-order chi connectivity index (χ0) is 15.1. The van der Waals surface area contributed by atoms with Gasteiger partial charge in [-0.1, -0.05) is 43.7 Å². The lowest BCUT2D eigenvalue weighted by molar-refractivity contribution is 0.309. The van der Waals surface area contributed by atoms with Gasteiger partial charge in [0.05, 0.1) is 12.0 Å². The topological polar surface area (TPSA) is 9.23 Å². The molecule has 1 unspecified atom stereocenters. The van der Waals surface area contributed by atoms with Crippen LogP contribution in [0.1, 0.15) is 36.3 Å². The van der Waals surface area contributed by atoms with Gasteiger partial charge in [-0.05, 0) is 42.2 Å². The van der Waals surface area contributed by atoms with Gasteiger partial charge in [0, 0.05) is 0 Å². The van der Waals surface area contributed by atoms with Gasteiger partial charge in [0.25, 0.3) is 0 Å². The van der Waals surface area contributed by atoms with Crippen molar-refractivity contribution in [3.8, 4) is 5.75 Å². The molecular formula is C18H20ClFO. The molecule has 0 saturated carbocycles. The Hall–Kier alpha value is -1.54. The molecule has 21 heavy (non-hydrogen) atoms. The van der Waals surface area contributed by atoms with E-state index in [4.69, 9.17) is 16.3 Å². The molecule has 112 valence electrons. The first-order valence-corrected chi connectivity index (χ1v) is 7.74. The van der Waals surface area contributed by atoms with E-state index in [0.717, 1.165) is 30.8 Å². The summed E-state index contributed by atoms with van der Waals surface area (Å²) in [6.07, 6.45) is 2.64. The van der Waals surface area contributed by atoms with E-state index >= 15 is 0 Å². The third kappa shape index (κ3) is 4.75. The molecule has 0 amide bonds. The van der Waals surface area contributed by atoms with Crippen LogP contribution in [0, 0.1) is 5.82 Å². The van der Waals surface area contributed by atoms with Crippen molar-refractivity contribution in [3.05, 3.63) is 65.5 Å². The first kappa shape index (κ1) is 15.8. The molecule has 2 rings (SSSR count). The van der Waals surface area contributed by atoms with Crippen LogP contribution in [-0.4, -0.2) is 6.61 Å². The van der Waals surface area contributed by atoms with Crippen molar-refractivity contribution < 1.29 is 9.13 Å². The zero-order valence-electron chi connectivity index (χ0n) is 12.2. The molecule has 2 aromatic carbocycles. The predicted molar refractivity (Wildman–Crippen MR) is 85.5 cm³/mol. The molecule has 0 heterocycles. The summed E-state index contributed by atoms with van der Waals surface area (Å²) in [5, 5.41) is -0.244. The second kappa shape index (κ2) is 8.04. The third-order valence-electron chi connectivity index (χ3n) is 3.37. The Bertz CT molecular complexity index is 553. The first-order valence-electron chi connectivity index (χ1n) is 7.31. The zero-order valence-corrected chi connectivity index (χ0v) is 12.9. The van der Waals surface area contributed by atoms with Crippen LogP contribution in [-0.2, 0) is 6.42 Å². The molecule has 0 aliphatic rings. The summed E-state index contributed by atoms with van der Waals surface area (Å²) in [6, 6.07) is 14.5. The summed E-state index contributed by atoms with van der Waals surface area (Å²) in [5.41, 5.74) is 1.61. The van der Waals surface area contributed by atoms with Gasteiger partial charge in [-0.2, -0.15) is 0 Å². The molecule has 0 radical (unpaired) electrons. The Labute approximate surface area is 130 Å². The minimum Gasteiger partial charge on any atom is -0.494 e. The SMILES string of the molecule is CCCCOc1ccc(C(Cl)Cc2ccccc2F)cc1. The normalized spacial score (nSPS) is 12.1. The Morgan fingerprint density at radius 3 is 2.48 bits per heavy atom. The quantitative estimate of drug-likeness (QED) is 0.483. The predicted octanol–water partition coefficient (Wildman–Crippen LogP) is 5.53. The van der Waals surface area contributed by atoms with Crippen molar-refractivity contribution >= 4 is 11.6 Å². The molecule has 3 heteroatoms. The average molecular weight is 307 g/mol. The highest BCUT2D eigenvalue weighted by Crippen LogP contribution is 2.27.